The smallest absolute Gasteiger partial charge is 0.261 e. The third-order valence-corrected chi connectivity index (χ3v) is 2.20. The van der Waals surface area contributed by atoms with Gasteiger partial charge in [0.25, 0.3) is 11.8 Å². The average molecular weight is 192 g/mol. The Hall–Kier alpha value is -1.68. The van der Waals surface area contributed by atoms with Gasteiger partial charge in [-0.05, 0) is 12.1 Å². The number of hydrogen-bond donors (Lipinski definition) is 1. The Morgan fingerprint density at radius 3 is 2.00 bits per heavy atom. The Balaban J connectivity index is 2.43. The summed E-state index contributed by atoms with van der Waals surface area (Å²) in [7, 11) is 0. The number of amides is 2. The monoisotopic (exact) mass is 192 g/mol. The largest absolute Gasteiger partial charge is 0.395 e. The van der Waals surface area contributed by atoms with Crippen molar-refractivity contribution in [2.24, 2.45) is 0 Å². The zero-order chi connectivity index (χ0) is 10.1. The van der Waals surface area contributed by atoms with E-state index in [1.165, 1.54) is 0 Å². The molecule has 14 heavy (non-hydrogen) atoms. The number of nitrogens with zero attached hydrogens (tertiary/aromatic N) is 1. The van der Waals surface area contributed by atoms with Gasteiger partial charge in [0, 0.05) is 0 Å². The summed E-state index contributed by atoms with van der Waals surface area (Å²) in [5.41, 5.74) is 0.844. The van der Waals surface area contributed by atoms with Gasteiger partial charge in [0.2, 0.25) is 0 Å². The third-order valence-electron chi connectivity index (χ3n) is 2.20. The van der Waals surface area contributed by atoms with Crippen LogP contribution in [0, 0.1) is 0 Å². The zero-order valence-corrected chi connectivity index (χ0v) is 7.43. The van der Waals surface area contributed by atoms with Crippen molar-refractivity contribution < 1.29 is 14.7 Å². The van der Waals surface area contributed by atoms with Crippen molar-refractivity contribution in [2.45, 2.75) is 0 Å². The summed E-state index contributed by atoms with van der Waals surface area (Å²) in [6, 6.07) is 6.67. The van der Waals surface area contributed by atoms with Gasteiger partial charge in [0.15, 0.2) is 0 Å². The highest BCUT2D eigenvalue weighted by Gasteiger charge is 2.34. The van der Waals surface area contributed by atoms with Crippen LogP contribution in [0.4, 0.5) is 0 Å². The minimum Gasteiger partial charge on any atom is -0.395 e. The molecule has 0 saturated heterocycles. The van der Waals surface area contributed by atoms with E-state index >= 15 is 0 Å². The first-order chi connectivity index (χ1) is 6.75. The lowest BCUT2D eigenvalue weighted by Crippen LogP contribution is -2.32. The molecule has 4 nitrogen and oxygen atoms in total. The SMILES string of the molecule is O=C1c2ccccc2C(=O)[15N]1CCO. The molecule has 1 aromatic carbocycles. The molecule has 72 valence electrons. The number of β-amino-alcohol motifs (C(OH)–C–C–N with tert-alkyl or cyclic N) is 1. The molecular weight excluding hydrogens is 183 g/mol. The van der Waals surface area contributed by atoms with E-state index in [-0.39, 0.29) is 25.0 Å². The van der Waals surface area contributed by atoms with Gasteiger partial charge >= 0.3 is 0 Å². The van der Waals surface area contributed by atoms with E-state index < -0.39 is 0 Å². The fourth-order valence-electron chi connectivity index (χ4n) is 1.54. The molecule has 0 spiro atoms. The summed E-state index contributed by atoms with van der Waals surface area (Å²) >= 11 is 0. The Morgan fingerprint density at radius 2 is 1.57 bits per heavy atom. The molecule has 4 heteroatoms. The van der Waals surface area contributed by atoms with Crippen LogP contribution in [-0.2, 0) is 0 Å². The average Bonchev–Trinajstić information content (AvgIpc) is 2.45. The number of imide groups is 1. The van der Waals surface area contributed by atoms with E-state index in [0.717, 1.165) is 4.90 Å². The maximum absolute atomic E-state index is 11.6. The summed E-state index contributed by atoms with van der Waals surface area (Å²) in [4.78, 5) is 24.2. The molecule has 0 bridgehead atoms. The minimum atomic E-state index is -0.320. The summed E-state index contributed by atoms with van der Waals surface area (Å²) in [5, 5.41) is 8.70. The molecule has 2 rings (SSSR count). The van der Waals surface area contributed by atoms with Gasteiger partial charge in [-0.25, -0.2) is 0 Å². The van der Waals surface area contributed by atoms with Gasteiger partial charge in [0.1, 0.15) is 0 Å². The predicted octanol–water partition coefficient (Wildman–Crippen LogP) is 0.275. The predicted molar refractivity (Wildman–Crippen MR) is 48.9 cm³/mol. The van der Waals surface area contributed by atoms with Crippen molar-refractivity contribution >= 4 is 11.8 Å². The van der Waals surface area contributed by atoms with Gasteiger partial charge in [-0.3, -0.25) is 14.5 Å². The summed E-state index contributed by atoms with van der Waals surface area (Å²) in [6.45, 7) is -0.141. The summed E-state index contributed by atoms with van der Waals surface area (Å²) < 4.78 is 0. The van der Waals surface area contributed by atoms with E-state index in [4.69, 9.17) is 5.11 Å². The summed E-state index contributed by atoms with van der Waals surface area (Å²) in [6.07, 6.45) is 0. The Labute approximate surface area is 80.8 Å². The van der Waals surface area contributed by atoms with Crippen LogP contribution in [0.2, 0.25) is 0 Å². The fraction of sp³-hybridized carbons (Fsp3) is 0.200. The zero-order valence-electron chi connectivity index (χ0n) is 7.43. The van der Waals surface area contributed by atoms with Crippen molar-refractivity contribution in [2.75, 3.05) is 13.2 Å². The van der Waals surface area contributed by atoms with Crippen LogP contribution in [0.15, 0.2) is 24.3 Å². The first kappa shape index (κ1) is 8.90. The lowest BCUT2D eigenvalue weighted by molar-refractivity contribution is 0.0624. The number of carbonyl (C=O) groups excluding carboxylic acids is 2. The van der Waals surface area contributed by atoms with Crippen molar-refractivity contribution in [1.82, 2.24) is 4.90 Å². The highest BCUT2D eigenvalue weighted by atomic mass is 16.3. The standard InChI is InChI=1S/C10H9NO3/c12-6-5-11-9(13)7-3-1-2-4-8(7)10(11)14/h1-4,12H,5-6H2/i11+1. The number of benzene rings is 1. The second-order valence-electron chi connectivity index (χ2n) is 3.03. The van der Waals surface area contributed by atoms with E-state index in [1.807, 2.05) is 0 Å². The number of hydrogen-bond acceptors (Lipinski definition) is 3. The minimum absolute atomic E-state index is 0.0619. The van der Waals surface area contributed by atoms with Gasteiger partial charge < -0.3 is 5.11 Å². The maximum atomic E-state index is 11.6. The number of aliphatic hydroxyl groups is 1. The molecule has 1 aliphatic heterocycles. The van der Waals surface area contributed by atoms with Gasteiger partial charge in [-0.2, -0.15) is 0 Å². The molecule has 0 saturated carbocycles. The van der Waals surface area contributed by atoms with E-state index in [0.29, 0.717) is 11.1 Å². The quantitative estimate of drug-likeness (QED) is 0.540. The van der Waals surface area contributed by atoms with Crippen LogP contribution >= 0.6 is 0 Å². The highest BCUT2D eigenvalue weighted by Crippen LogP contribution is 2.21. The summed E-state index contributed by atoms with van der Waals surface area (Å²) in [5.74, 6) is -0.640. The highest BCUT2D eigenvalue weighted by molar-refractivity contribution is 6.21. The number of carbonyl (C=O) groups is 2. The number of rotatable bonds is 2. The van der Waals surface area contributed by atoms with Crippen LogP contribution in [0.3, 0.4) is 0 Å². The van der Waals surface area contributed by atoms with Crippen LogP contribution in [0.5, 0.6) is 0 Å². The molecule has 1 N–H and O–H groups in total. The van der Waals surface area contributed by atoms with Crippen molar-refractivity contribution in [3.8, 4) is 0 Å². The molecule has 2 amide bonds. The van der Waals surface area contributed by atoms with Crippen molar-refractivity contribution in [3.05, 3.63) is 35.4 Å². The molecule has 0 atom stereocenters. The lowest BCUT2D eigenvalue weighted by Gasteiger charge is -2.10. The molecule has 0 aromatic heterocycles. The first-order valence-electron chi connectivity index (χ1n) is 4.32. The van der Waals surface area contributed by atoms with Crippen LogP contribution in [0.1, 0.15) is 20.7 Å². The molecule has 0 aliphatic carbocycles. The van der Waals surface area contributed by atoms with Gasteiger partial charge in [-0.15, -0.1) is 0 Å². The van der Waals surface area contributed by atoms with E-state index in [1.54, 1.807) is 24.3 Å². The number of aliphatic hydroxyl groups excluding tert-OH is 1. The normalized spacial score (nSPS) is 14.8. The number of fused-ring (bicyclic) bond motifs is 1. The van der Waals surface area contributed by atoms with E-state index in [2.05, 4.69) is 0 Å². The van der Waals surface area contributed by atoms with Gasteiger partial charge in [-0.1, -0.05) is 12.1 Å². The molecule has 0 unspecified atom stereocenters. The first-order valence-corrected chi connectivity index (χ1v) is 4.32. The molecule has 1 heterocycles. The molecule has 0 radical (unpaired) electrons. The van der Waals surface area contributed by atoms with Crippen molar-refractivity contribution in [3.63, 3.8) is 0 Å². The maximum Gasteiger partial charge on any atom is 0.261 e. The lowest BCUT2D eigenvalue weighted by atomic mass is 10.1. The molecule has 0 fully saturated rings. The van der Waals surface area contributed by atoms with Crippen LogP contribution < -0.4 is 0 Å². The Morgan fingerprint density at radius 1 is 1.07 bits per heavy atom. The Bertz CT molecular complexity index is 365. The van der Waals surface area contributed by atoms with Crippen LogP contribution in [-0.4, -0.2) is 35.0 Å². The van der Waals surface area contributed by atoms with Crippen LogP contribution in [0.25, 0.3) is 0 Å². The second kappa shape index (κ2) is 3.23. The second-order valence-corrected chi connectivity index (χ2v) is 3.03. The third kappa shape index (κ3) is 1.12. The topological polar surface area (TPSA) is 57.6 Å². The molecular formula is C10H9NO3. The Kier molecular flexibility index (Phi) is 2.05. The van der Waals surface area contributed by atoms with Crippen molar-refractivity contribution in [1.29, 1.82) is 0 Å². The molecule has 1 aliphatic rings. The fourth-order valence-corrected chi connectivity index (χ4v) is 1.54. The molecule has 1 aromatic rings. The van der Waals surface area contributed by atoms with Gasteiger partial charge in [0.05, 0.1) is 24.3 Å². The van der Waals surface area contributed by atoms with E-state index in [9.17, 15) is 9.59 Å².